The van der Waals surface area contributed by atoms with Gasteiger partial charge in [-0.3, -0.25) is 4.90 Å². The molecule has 33 heavy (non-hydrogen) atoms. The molecule has 2 amide bonds. The fraction of sp³-hybridized carbons (Fsp3) is 0.519. The van der Waals surface area contributed by atoms with Crippen LogP contribution in [0.5, 0.6) is 0 Å². The minimum atomic E-state index is -1.02. The van der Waals surface area contributed by atoms with E-state index in [2.05, 4.69) is 39.4 Å². The molecule has 1 N–H and O–H groups in total. The minimum absolute atomic E-state index is 0.0648. The van der Waals surface area contributed by atoms with Crippen LogP contribution in [0.2, 0.25) is 0 Å². The first kappa shape index (κ1) is 22.4. The Kier molecular flexibility index (Phi) is 6.41. The Bertz CT molecular complexity index is 968. The van der Waals surface area contributed by atoms with Gasteiger partial charge in [-0.05, 0) is 42.7 Å². The highest BCUT2D eigenvalue weighted by Crippen LogP contribution is 2.43. The largest absolute Gasteiger partial charge is 0.379 e. The van der Waals surface area contributed by atoms with E-state index < -0.39 is 5.72 Å². The summed E-state index contributed by atoms with van der Waals surface area (Å²) in [6.07, 6.45) is 4.34. The number of methoxy groups -OCH3 is 2. The van der Waals surface area contributed by atoms with Crippen LogP contribution in [0.25, 0.3) is 0 Å². The highest BCUT2D eigenvalue weighted by molar-refractivity contribution is 5.76. The molecule has 3 aliphatic heterocycles. The van der Waals surface area contributed by atoms with E-state index in [1.165, 1.54) is 17.5 Å². The Morgan fingerprint density at radius 2 is 1.88 bits per heavy atom. The van der Waals surface area contributed by atoms with Gasteiger partial charge in [0.1, 0.15) is 0 Å². The fourth-order valence-corrected chi connectivity index (χ4v) is 6.22. The Morgan fingerprint density at radius 3 is 2.67 bits per heavy atom. The van der Waals surface area contributed by atoms with Crippen molar-refractivity contribution >= 4 is 6.03 Å². The standard InChI is InChI=1S/C27H35N3O3/c1-32-19-27(33-2,22-11-4-3-5-12-22)28-26(31)30-15-8-10-21-18-29-16-14-20-9-6-7-13-23(20)25(29)17-24(21)30/h3-7,9,11-13,21,24-25H,8,10,14-19H2,1-2H3,(H,28,31)/t21-,24+,25-,27+/m1/s1. The highest BCUT2D eigenvalue weighted by Gasteiger charge is 2.45. The van der Waals surface area contributed by atoms with Gasteiger partial charge in [-0.15, -0.1) is 0 Å². The maximum absolute atomic E-state index is 13.7. The summed E-state index contributed by atoms with van der Waals surface area (Å²) in [5, 5.41) is 3.22. The van der Waals surface area contributed by atoms with Crippen molar-refractivity contribution < 1.29 is 14.3 Å². The molecule has 2 aromatic carbocycles. The van der Waals surface area contributed by atoms with E-state index in [0.29, 0.717) is 12.0 Å². The summed E-state index contributed by atoms with van der Waals surface area (Å²) in [6.45, 7) is 3.21. The van der Waals surface area contributed by atoms with Crippen LogP contribution < -0.4 is 5.32 Å². The summed E-state index contributed by atoms with van der Waals surface area (Å²) in [4.78, 5) is 18.5. The van der Waals surface area contributed by atoms with Crippen molar-refractivity contribution in [3.05, 3.63) is 71.3 Å². The van der Waals surface area contributed by atoms with Crippen molar-refractivity contribution in [2.75, 3.05) is 40.5 Å². The van der Waals surface area contributed by atoms with E-state index in [-0.39, 0.29) is 18.7 Å². The average Bonchev–Trinajstić information content (AvgIpc) is 2.87. The number of piperidine rings is 2. The summed E-state index contributed by atoms with van der Waals surface area (Å²) in [6, 6.07) is 19.2. The molecule has 3 heterocycles. The van der Waals surface area contributed by atoms with Crippen LogP contribution in [0.4, 0.5) is 4.79 Å². The molecule has 0 aromatic heterocycles. The van der Waals surface area contributed by atoms with Crippen molar-refractivity contribution in [1.29, 1.82) is 0 Å². The van der Waals surface area contributed by atoms with Gasteiger partial charge in [0.25, 0.3) is 0 Å². The zero-order valence-corrected chi connectivity index (χ0v) is 19.7. The topological polar surface area (TPSA) is 54.0 Å². The zero-order valence-electron chi connectivity index (χ0n) is 19.7. The molecule has 0 radical (unpaired) electrons. The highest BCUT2D eigenvalue weighted by atomic mass is 16.5. The summed E-state index contributed by atoms with van der Waals surface area (Å²) in [5.41, 5.74) is 2.78. The van der Waals surface area contributed by atoms with Gasteiger partial charge >= 0.3 is 6.03 Å². The van der Waals surface area contributed by atoms with Gasteiger partial charge < -0.3 is 19.7 Å². The molecule has 5 rings (SSSR count). The molecule has 0 bridgehead atoms. The first-order valence-electron chi connectivity index (χ1n) is 12.2. The van der Waals surface area contributed by atoms with Crippen molar-refractivity contribution in [3.8, 4) is 0 Å². The predicted molar refractivity (Wildman–Crippen MR) is 128 cm³/mol. The fourth-order valence-electron chi connectivity index (χ4n) is 6.22. The van der Waals surface area contributed by atoms with Crippen LogP contribution in [0.15, 0.2) is 54.6 Å². The number of hydrogen-bond donors (Lipinski definition) is 1. The number of hydrogen-bond acceptors (Lipinski definition) is 4. The normalized spacial score (nSPS) is 26.5. The molecule has 2 aromatic rings. The number of amides is 2. The first-order valence-corrected chi connectivity index (χ1v) is 12.2. The van der Waals surface area contributed by atoms with Crippen LogP contribution in [0.1, 0.15) is 42.0 Å². The maximum atomic E-state index is 13.7. The lowest BCUT2D eigenvalue weighted by molar-refractivity contribution is -0.0897. The van der Waals surface area contributed by atoms with Crippen LogP contribution >= 0.6 is 0 Å². The Balaban J connectivity index is 1.39. The summed E-state index contributed by atoms with van der Waals surface area (Å²) in [7, 11) is 3.26. The lowest BCUT2D eigenvalue weighted by Gasteiger charge is -2.52. The van der Waals surface area contributed by atoms with Gasteiger partial charge in [-0.2, -0.15) is 0 Å². The number of ether oxygens (including phenoxy) is 2. The first-order chi connectivity index (χ1) is 16.1. The van der Waals surface area contributed by atoms with Gasteiger partial charge in [0.05, 0.1) is 6.61 Å². The van der Waals surface area contributed by atoms with Crippen molar-refractivity contribution in [2.45, 2.75) is 43.5 Å². The number of nitrogens with zero attached hydrogens (tertiary/aromatic N) is 2. The Hall–Kier alpha value is -2.41. The van der Waals surface area contributed by atoms with Crippen LogP contribution in [-0.2, 0) is 21.6 Å². The molecule has 0 aliphatic carbocycles. The quantitative estimate of drug-likeness (QED) is 0.703. The van der Waals surface area contributed by atoms with E-state index in [1.807, 2.05) is 30.3 Å². The van der Waals surface area contributed by atoms with Crippen molar-refractivity contribution in [3.63, 3.8) is 0 Å². The molecule has 0 spiro atoms. The number of fused-ring (bicyclic) bond motifs is 4. The number of rotatable bonds is 5. The number of nitrogens with one attached hydrogen (secondary N) is 1. The smallest absolute Gasteiger partial charge is 0.320 e. The molecule has 3 aliphatic rings. The minimum Gasteiger partial charge on any atom is -0.379 e. The van der Waals surface area contributed by atoms with E-state index >= 15 is 0 Å². The lowest BCUT2D eigenvalue weighted by Crippen LogP contribution is -2.62. The Morgan fingerprint density at radius 1 is 1.09 bits per heavy atom. The van der Waals surface area contributed by atoms with E-state index in [1.54, 1.807) is 14.2 Å². The molecule has 176 valence electrons. The van der Waals surface area contributed by atoms with E-state index in [0.717, 1.165) is 44.5 Å². The summed E-state index contributed by atoms with van der Waals surface area (Å²) < 4.78 is 11.4. The maximum Gasteiger partial charge on any atom is 0.320 e. The lowest BCUT2D eigenvalue weighted by atomic mass is 9.77. The molecule has 0 saturated carbocycles. The molecular weight excluding hydrogens is 414 g/mol. The van der Waals surface area contributed by atoms with E-state index in [4.69, 9.17) is 9.47 Å². The summed E-state index contributed by atoms with van der Waals surface area (Å²) in [5.74, 6) is 0.516. The van der Waals surface area contributed by atoms with Gasteiger partial charge in [0, 0.05) is 51.5 Å². The molecule has 0 unspecified atom stereocenters. The molecule has 2 fully saturated rings. The van der Waals surface area contributed by atoms with Gasteiger partial charge in [0.2, 0.25) is 0 Å². The number of carbonyl (C=O) groups is 1. The van der Waals surface area contributed by atoms with Crippen LogP contribution in [0, 0.1) is 5.92 Å². The molecular formula is C27H35N3O3. The zero-order chi connectivity index (χ0) is 22.8. The third-order valence-electron chi connectivity index (χ3n) is 7.88. The van der Waals surface area contributed by atoms with Crippen molar-refractivity contribution in [2.24, 2.45) is 5.92 Å². The van der Waals surface area contributed by atoms with Crippen molar-refractivity contribution in [1.82, 2.24) is 15.1 Å². The van der Waals surface area contributed by atoms with Gasteiger partial charge in [-0.1, -0.05) is 54.6 Å². The molecule has 4 atom stereocenters. The third-order valence-corrected chi connectivity index (χ3v) is 7.88. The number of benzene rings is 2. The second kappa shape index (κ2) is 9.45. The molecule has 2 saturated heterocycles. The number of likely N-dealkylation sites (tertiary alicyclic amines) is 1. The third kappa shape index (κ3) is 4.16. The monoisotopic (exact) mass is 449 g/mol. The summed E-state index contributed by atoms with van der Waals surface area (Å²) >= 11 is 0. The van der Waals surface area contributed by atoms with Crippen LogP contribution in [-0.4, -0.2) is 62.3 Å². The SMILES string of the molecule is COC[C@](NC(=O)N1CCC[C@@H]2CN3CCc4ccccc4[C@H]3C[C@@H]21)(OC)c1ccccc1. The average molecular weight is 450 g/mol. The Labute approximate surface area is 196 Å². The van der Waals surface area contributed by atoms with Crippen LogP contribution in [0.3, 0.4) is 0 Å². The second-order valence-electron chi connectivity index (χ2n) is 9.62. The predicted octanol–water partition coefficient (Wildman–Crippen LogP) is 3.93. The second-order valence-corrected chi connectivity index (χ2v) is 9.62. The number of carbonyl (C=O) groups excluding carboxylic acids is 1. The van der Waals surface area contributed by atoms with Gasteiger partial charge in [-0.25, -0.2) is 4.79 Å². The van der Waals surface area contributed by atoms with E-state index in [9.17, 15) is 4.79 Å². The number of urea groups is 1. The molecule has 6 nitrogen and oxygen atoms in total. The van der Waals surface area contributed by atoms with Gasteiger partial charge in [0.15, 0.2) is 5.72 Å². The molecule has 6 heteroatoms.